The number of non-ortho nitro benzene ring substituents is 1. The molecule has 0 atom stereocenters. The van der Waals surface area contributed by atoms with Gasteiger partial charge in [0.1, 0.15) is 5.82 Å². The van der Waals surface area contributed by atoms with E-state index in [0.29, 0.717) is 12.1 Å². The molecule has 4 nitrogen and oxygen atoms in total. The molecule has 0 unspecified atom stereocenters. The van der Waals surface area contributed by atoms with Gasteiger partial charge in [0, 0.05) is 18.2 Å². The molecule has 0 aliphatic carbocycles. The van der Waals surface area contributed by atoms with Crippen LogP contribution in [0.1, 0.15) is 5.56 Å². The smallest absolute Gasteiger partial charge is 0.260 e. The van der Waals surface area contributed by atoms with Crippen LogP contribution in [0.3, 0.4) is 0 Å². The van der Waals surface area contributed by atoms with Crippen molar-refractivity contribution in [3.05, 3.63) is 39.7 Å². The third-order valence-corrected chi connectivity index (χ3v) is 2.09. The fourth-order valence-electron chi connectivity index (χ4n) is 0.943. The van der Waals surface area contributed by atoms with Gasteiger partial charge >= 0.3 is 0 Å². The average Bonchev–Trinajstić information content (AvgIpc) is 2.15. The fourth-order valence-corrected chi connectivity index (χ4v) is 1.24. The van der Waals surface area contributed by atoms with E-state index in [2.05, 4.69) is 4.72 Å². The first-order chi connectivity index (χ1) is 6.65. The van der Waals surface area contributed by atoms with Crippen LogP contribution in [0.4, 0.5) is 10.1 Å². The lowest BCUT2D eigenvalue weighted by molar-refractivity contribution is -0.385. The van der Waals surface area contributed by atoms with E-state index in [1.54, 1.807) is 0 Å². The van der Waals surface area contributed by atoms with E-state index in [1.807, 2.05) is 6.26 Å². The zero-order valence-electron chi connectivity index (χ0n) is 7.49. The van der Waals surface area contributed by atoms with Gasteiger partial charge in [0.05, 0.1) is 11.0 Å². The van der Waals surface area contributed by atoms with E-state index in [9.17, 15) is 14.5 Å². The largest absolute Gasteiger partial charge is 0.272 e. The number of nitrogens with zero attached hydrogens (tertiary/aromatic N) is 1. The summed E-state index contributed by atoms with van der Waals surface area (Å²) in [7, 11) is 0. The molecule has 0 saturated carbocycles. The third kappa shape index (κ3) is 2.68. The fraction of sp³-hybridized carbons (Fsp3) is 0.250. The van der Waals surface area contributed by atoms with Crippen molar-refractivity contribution in [2.45, 2.75) is 6.54 Å². The molecule has 0 amide bonds. The topological polar surface area (TPSA) is 55.2 Å². The number of benzene rings is 1. The Morgan fingerprint density at radius 2 is 2.36 bits per heavy atom. The highest BCUT2D eigenvalue weighted by atomic mass is 32.2. The minimum absolute atomic E-state index is 0.226. The second kappa shape index (κ2) is 4.92. The van der Waals surface area contributed by atoms with Crippen molar-refractivity contribution in [1.82, 2.24) is 4.72 Å². The number of nitro groups is 1. The molecule has 6 heteroatoms. The number of hydrogen-bond acceptors (Lipinski definition) is 4. The lowest BCUT2D eigenvalue weighted by atomic mass is 10.2. The predicted octanol–water partition coefficient (Wildman–Crippen LogP) is 2.10. The van der Waals surface area contributed by atoms with Crippen LogP contribution >= 0.6 is 11.9 Å². The first-order valence-electron chi connectivity index (χ1n) is 3.84. The molecular formula is C8H9FN2O2S. The Kier molecular flexibility index (Phi) is 3.84. The van der Waals surface area contributed by atoms with E-state index in [0.717, 1.165) is 6.07 Å². The Balaban J connectivity index is 2.84. The Bertz CT molecular complexity index is 346. The van der Waals surface area contributed by atoms with Crippen LogP contribution in [0.2, 0.25) is 0 Å². The van der Waals surface area contributed by atoms with Crippen LogP contribution in [-0.4, -0.2) is 11.2 Å². The summed E-state index contributed by atoms with van der Waals surface area (Å²) in [5.74, 6) is -0.555. The van der Waals surface area contributed by atoms with E-state index in [-0.39, 0.29) is 5.69 Å². The van der Waals surface area contributed by atoms with Crippen molar-refractivity contribution in [3.63, 3.8) is 0 Å². The summed E-state index contributed by atoms with van der Waals surface area (Å²) in [6.45, 7) is 0.352. The Hall–Kier alpha value is -1.14. The Morgan fingerprint density at radius 1 is 1.64 bits per heavy atom. The SMILES string of the molecule is CSNCc1ccc([N+](=O)[O-])cc1F. The molecule has 1 rings (SSSR count). The molecule has 0 bridgehead atoms. The highest BCUT2D eigenvalue weighted by molar-refractivity contribution is 7.96. The van der Waals surface area contributed by atoms with Gasteiger partial charge in [-0.05, 0) is 12.3 Å². The second-order valence-electron chi connectivity index (χ2n) is 2.56. The van der Waals surface area contributed by atoms with Crippen molar-refractivity contribution in [2.24, 2.45) is 0 Å². The van der Waals surface area contributed by atoms with Crippen LogP contribution in [-0.2, 0) is 6.54 Å². The molecule has 0 spiro atoms. The molecule has 0 heterocycles. The maximum absolute atomic E-state index is 13.2. The molecule has 0 saturated heterocycles. The molecule has 0 fully saturated rings. The summed E-state index contributed by atoms with van der Waals surface area (Å²) >= 11 is 1.37. The summed E-state index contributed by atoms with van der Waals surface area (Å²) in [6.07, 6.45) is 1.82. The van der Waals surface area contributed by atoms with Crippen LogP contribution in [0.15, 0.2) is 18.2 Å². The molecular weight excluding hydrogens is 207 g/mol. The van der Waals surface area contributed by atoms with Gasteiger partial charge in [-0.2, -0.15) is 0 Å². The van der Waals surface area contributed by atoms with E-state index in [1.165, 1.54) is 24.1 Å². The zero-order valence-corrected chi connectivity index (χ0v) is 8.31. The summed E-state index contributed by atoms with van der Waals surface area (Å²) < 4.78 is 16.0. The van der Waals surface area contributed by atoms with Gasteiger partial charge in [-0.1, -0.05) is 11.9 Å². The number of nitrogens with one attached hydrogen (secondary N) is 1. The van der Waals surface area contributed by atoms with Gasteiger partial charge in [0.2, 0.25) is 0 Å². The van der Waals surface area contributed by atoms with Crippen molar-refractivity contribution in [3.8, 4) is 0 Å². The summed E-state index contributed by atoms with van der Waals surface area (Å²) in [6, 6.07) is 3.63. The second-order valence-corrected chi connectivity index (χ2v) is 3.25. The lowest BCUT2D eigenvalue weighted by Crippen LogP contribution is -2.04. The first-order valence-corrected chi connectivity index (χ1v) is 5.06. The van der Waals surface area contributed by atoms with Gasteiger partial charge in [-0.3, -0.25) is 14.8 Å². The van der Waals surface area contributed by atoms with Crippen molar-refractivity contribution >= 4 is 17.6 Å². The first kappa shape index (κ1) is 10.9. The van der Waals surface area contributed by atoms with Gasteiger partial charge in [-0.25, -0.2) is 4.39 Å². The van der Waals surface area contributed by atoms with E-state index < -0.39 is 10.7 Å². The summed E-state index contributed by atoms with van der Waals surface area (Å²) in [5, 5.41) is 10.3. The van der Waals surface area contributed by atoms with Gasteiger partial charge in [0.15, 0.2) is 0 Å². The zero-order chi connectivity index (χ0) is 10.6. The standard InChI is InChI=1S/C8H9FN2O2S/c1-14-10-5-6-2-3-7(11(12)13)4-8(6)9/h2-4,10H,5H2,1H3. The molecule has 76 valence electrons. The molecule has 0 aliphatic heterocycles. The van der Waals surface area contributed by atoms with Crippen LogP contribution < -0.4 is 4.72 Å². The Morgan fingerprint density at radius 3 is 2.86 bits per heavy atom. The van der Waals surface area contributed by atoms with Crippen molar-refractivity contribution in [2.75, 3.05) is 6.26 Å². The maximum Gasteiger partial charge on any atom is 0.272 e. The minimum atomic E-state index is -0.616. The highest BCUT2D eigenvalue weighted by Crippen LogP contribution is 2.16. The van der Waals surface area contributed by atoms with Gasteiger partial charge in [-0.15, -0.1) is 0 Å². The van der Waals surface area contributed by atoms with Crippen molar-refractivity contribution in [1.29, 1.82) is 0 Å². The number of halogens is 1. The van der Waals surface area contributed by atoms with Crippen LogP contribution in [0.25, 0.3) is 0 Å². The van der Waals surface area contributed by atoms with Crippen molar-refractivity contribution < 1.29 is 9.31 Å². The monoisotopic (exact) mass is 216 g/mol. The number of rotatable bonds is 4. The Labute approximate surface area is 84.8 Å². The molecule has 0 radical (unpaired) electrons. The molecule has 1 N–H and O–H groups in total. The predicted molar refractivity (Wildman–Crippen MR) is 53.4 cm³/mol. The van der Waals surface area contributed by atoms with Gasteiger partial charge < -0.3 is 0 Å². The minimum Gasteiger partial charge on any atom is -0.260 e. The summed E-state index contributed by atoms with van der Waals surface area (Å²) in [5.41, 5.74) is 0.195. The van der Waals surface area contributed by atoms with Crippen LogP contribution in [0.5, 0.6) is 0 Å². The quantitative estimate of drug-likeness (QED) is 0.475. The highest BCUT2D eigenvalue weighted by Gasteiger charge is 2.09. The molecule has 0 aromatic heterocycles. The normalized spacial score (nSPS) is 10.1. The van der Waals surface area contributed by atoms with Crippen LogP contribution in [0, 0.1) is 15.9 Å². The van der Waals surface area contributed by atoms with E-state index >= 15 is 0 Å². The summed E-state index contributed by atoms with van der Waals surface area (Å²) in [4.78, 5) is 9.68. The molecule has 14 heavy (non-hydrogen) atoms. The maximum atomic E-state index is 13.2. The van der Waals surface area contributed by atoms with E-state index in [4.69, 9.17) is 0 Å². The third-order valence-electron chi connectivity index (χ3n) is 1.65. The molecule has 1 aromatic carbocycles. The number of hydrogen-bond donors (Lipinski definition) is 1. The number of nitro benzene ring substituents is 1. The lowest BCUT2D eigenvalue weighted by Gasteiger charge is -2.02. The van der Waals surface area contributed by atoms with Gasteiger partial charge in [0.25, 0.3) is 5.69 Å². The average molecular weight is 216 g/mol. The molecule has 1 aromatic rings. The molecule has 0 aliphatic rings.